The third kappa shape index (κ3) is 5.11. The first-order chi connectivity index (χ1) is 14.0. The highest BCUT2D eigenvalue weighted by Gasteiger charge is 2.31. The Morgan fingerprint density at radius 3 is 2.23 bits per heavy atom. The van der Waals surface area contributed by atoms with Gasteiger partial charge in [0, 0.05) is 24.3 Å². The maximum Gasteiger partial charge on any atom is 0.416 e. The Morgan fingerprint density at radius 2 is 1.67 bits per heavy atom. The number of morpholine rings is 1. The van der Waals surface area contributed by atoms with Crippen LogP contribution in [0.3, 0.4) is 0 Å². The molecule has 6 nitrogen and oxygen atoms in total. The van der Waals surface area contributed by atoms with Crippen LogP contribution in [0, 0.1) is 0 Å². The van der Waals surface area contributed by atoms with Gasteiger partial charge in [-0.05, 0) is 56.3 Å². The molecule has 2 aromatic rings. The summed E-state index contributed by atoms with van der Waals surface area (Å²) < 4.78 is 71.3. The van der Waals surface area contributed by atoms with E-state index >= 15 is 0 Å². The second kappa shape index (κ2) is 8.27. The Hall–Kier alpha value is -2.59. The van der Waals surface area contributed by atoms with Crippen LogP contribution in [0.5, 0.6) is 0 Å². The highest BCUT2D eigenvalue weighted by Crippen LogP contribution is 2.31. The number of nitrogens with one attached hydrogen (secondary N) is 1. The lowest BCUT2D eigenvalue weighted by Crippen LogP contribution is -2.48. The van der Waals surface area contributed by atoms with Crippen molar-refractivity contribution >= 4 is 21.6 Å². The van der Waals surface area contributed by atoms with Gasteiger partial charge < -0.3 is 9.64 Å². The van der Waals surface area contributed by atoms with Crippen LogP contribution in [0.15, 0.2) is 53.4 Å². The Bertz CT molecular complexity index is 1010. The fourth-order valence-electron chi connectivity index (χ4n) is 3.28. The normalized spacial score (nSPS) is 20.1. The molecule has 10 heteroatoms. The Morgan fingerprint density at radius 1 is 1.07 bits per heavy atom. The molecule has 1 N–H and O–H groups in total. The molecule has 3 rings (SSSR count). The Balaban J connectivity index is 1.76. The van der Waals surface area contributed by atoms with Gasteiger partial charge in [0.15, 0.2) is 0 Å². The third-order valence-corrected chi connectivity index (χ3v) is 5.96. The summed E-state index contributed by atoms with van der Waals surface area (Å²) in [5.41, 5.74) is -0.854. The number of alkyl halides is 3. The summed E-state index contributed by atoms with van der Waals surface area (Å²) in [6, 6.07) is 9.18. The topological polar surface area (TPSA) is 75.7 Å². The van der Waals surface area contributed by atoms with Crippen molar-refractivity contribution in [2.45, 2.75) is 37.1 Å². The van der Waals surface area contributed by atoms with E-state index < -0.39 is 21.8 Å². The molecule has 0 aromatic heterocycles. The number of hydrogen-bond acceptors (Lipinski definition) is 4. The van der Waals surface area contributed by atoms with Crippen LogP contribution in [0.4, 0.5) is 18.9 Å². The van der Waals surface area contributed by atoms with E-state index in [9.17, 15) is 26.4 Å². The predicted octanol–water partition coefficient (Wildman–Crippen LogP) is 3.76. The van der Waals surface area contributed by atoms with Crippen molar-refractivity contribution in [3.05, 3.63) is 59.7 Å². The molecule has 2 atom stereocenters. The van der Waals surface area contributed by atoms with E-state index in [0.29, 0.717) is 18.7 Å². The molecule has 0 bridgehead atoms. The fourth-order valence-corrected chi connectivity index (χ4v) is 4.33. The molecular weight excluding hydrogens is 421 g/mol. The van der Waals surface area contributed by atoms with Crippen LogP contribution in [0.25, 0.3) is 0 Å². The number of halogens is 3. The van der Waals surface area contributed by atoms with Crippen molar-refractivity contribution in [2.75, 3.05) is 17.8 Å². The number of ether oxygens (including phenoxy) is 1. The molecule has 1 saturated heterocycles. The number of sulfonamides is 1. The van der Waals surface area contributed by atoms with Crippen LogP contribution in [-0.2, 0) is 20.9 Å². The average Bonchev–Trinajstić information content (AvgIpc) is 2.66. The van der Waals surface area contributed by atoms with Gasteiger partial charge in [0.05, 0.1) is 22.7 Å². The molecule has 162 valence electrons. The van der Waals surface area contributed by atoms with Gasteiger partial charge in [0.1, 0.15) is 0 Å². The fraction of sp³-hybridized carbons (Fsp3) is 0.350. The van der Waals surface area contributed by atoms with Gasteiger partial charge >= 0.3 is 6.18 Å². The van der Waals surface area contributed by atoms with Gasteiger partial charge in [-0.3, -0.25) is 9.52 Å². The molecule has 30 heavy (non-hydrogen) atoms. The molecule has 2 aromatic carbocycles. The van der Waals surface area contributed by atoms with E-state index in [1.165, 1.54) is 30.3 Å². The standard InChI is InChI=1S/C20H21F3N2O4S/c1-13-11-25(12-14(2)29-13)19(26)15-6-8-18(9-7-15)30(27,28)24-17-5-3-4-16(10-17)20(21,22)23/h3-10,13-14,24H,11-12H2,1-2H3/t13-,14-/m1/s1. The van der Waals surface area contributed by atoms with Gasteiger partial charge in [0.2, 0.25) is 0 Å². The van der Waals surface area contributed by atoms with Crippen molar-refractivity contribution in [1.29, 1.82) is 0 Å². The summed E-state index contributed by atoms with van der Waals surface area (Å²) >= 11 is 0. The number of hydrogen-bond donors (Lipinski definition) is 1. The molecule has 1 amide bonds. The van der Waals surface area contributed by atoms with Crippen LogP contribution < -0.4 is 4.72 Å². The summed E-state index contributed by atoms with van der Waals surface area (Å²) in [7, 11) is -4.12. The number of carbonyl (C=O) groups excluding carboxylic acids is 1. The van der Waals surface area contributed by atoms with E-state index in [1.807, 2.05) is 13.8 Å². The summed E-state index contributed by atoms with van der Waals surface area (Å²) in [5.74, 6) is -0.244. The molecule has 0 radical (unpaired) electrons. The molecule has 0 unspecified atom stereocenters. The van der Waals surface area contributed by atoms with Crippen molar-refractivity contribution in [1.82, 2.24) is 4.90 Å². The third-order valence-electron chi connectivity index (χ3n) is 4.56. The van der Waals surface area contributed by atoms with Crippen LogP contribution >= 0.6 is 0 Å². The Labute approximate surface area is 172 Å². The number of rotatable bonds is 4. The minimum absolute atomic E-state index is 0.103. The van der Waals surface area contributed by atoms with Crippen molar-refractivity contribution in [3.63, 3.8) is 0 Å². The number of carbonyl (C=O) groups is 1. The first-order valence-electron chi connectivity index (χ1n) is 9.20. The van der Waals surface area contributed by atoms with E-state index in [-0.39, 0.29) is 28.7 Å². The zero-order valence-electron chi connectivity index (χ0n) is 16.3. The van der Waals surface area contributed by atoms with Crippen molar-refractivity contribution in [3.8, 4) is 0 Å². The number of anilines is 1. The molecule has 1 aliphatic heterocycles. The molecule has 0 spiro atoms. The summed E-state index contributed by atoms with van der Waals surface area (Å²) in [6.07, 6.45) is -4.79. The van der Waals surface area contributed by atoms with Crippen LogP contribution in [-0.4, -0.2) is 44.5 Å². The second-order valence-corrected chi connectivity index (χ2v) is 8.86. The van der Waals surface area contributed by atoms with E-state index in [4.69, 9.17) is 4.74 Å². The minimum Gasteiger partial charge on any atom is -0.372 e. The van der Waals surface area contributed by atoms with Gasteiger partial charge in [0.25, 0.3) is 15.9 Å². The molecule has 1 aliphatic rings. The maximum absolute atomic E-state index is 12.8. The predicted molar refractivity (Wildman–Crippen MR) is 105 cm³/mol. The van der Waals surface area contributed by atoms with E-state index in [0.717, 1.165) is 18.2 Å². The molecule has 1 heterocycles. The van der Waals surface area contributed by atoms with Gasteiger partial charge in [-0.15, -0.1) is 0 Å². The summed E-state index contributed by atoms with van der Waals surface area (Å²) in [5, 5.41) is 0. The van der Waals surface area contributed by atoms with Gasteiger partial charge in [-0.2, -0.15) is 13.2 Å². The zero-order chi connectivity index (χ0) is 22.1. The molecule has 0 saturated carbocycles. The van der Waals surface area contributed by atoms with Gasteiger partial charge in [-0.1, -0.05) is 6.07 Å². The van der Waals surface area contributed by atoms with Crippen molar-refractivity contribution < 1.29 is 31.1 Å². The van der Waals surface area contributed by atoms with Crippen molar-refractivity contribution in [2.24, 2.45) is 0 Å². The largest absolute Gasteiger partial charge is 0.416 e. The lowest BCUT2D eigenvalue weighted by Gasteiger charge is -2.35. The molecule has 1 fully saturated rings. The number of benzene rings is 2. The van der Waals surface area contributed by atoms with Crippen LogP contribution in [0.1, 0.15) is 29.8 Å². The highest BCUT2D eigenvalue weighted by atomic mass is 32.2. The first-order valence-corrected chi connectivity index (χ1v) is 10.7. The number of amides is 1. The molecule has 0 aliphatic carbocycles. The SMILES string of the molecule is C[C@@H]1CN(C(=O)c2ccc(S(=O)(=O)Nc3cccc(C(F)(F)F)c3)cc2)C[C@@H](C)O1. The highest BCUT2D eigenvalue weighted by molar-refractivity contribution is 7.92. The smallest absolute Gasteiger partial charge is 0.372 e. The first kappa shape index (κ1) is 22.1. The molecular formula is C20H21F3N2O4S. The lowest BCUT2D eigenvalue weighted by molar-refractivity contribution is -0.137. The van der Waals surface area contributed by atoms with E-state index in [2.05, 4.69) is 4.72 Å². The minimum atomic E-state index is -4.59. The second-order valence-electron chi connectivity index (χ2n) is 7.18. The Kier molecular flexibility index (Phi) is 6.09. The average molecular weight is 442 g/mol. The maximum atomic E-state index is 12.8. The van der Waals surface area contributed by atoms with Crippen LogP contribution in [0.2, 0.25) is 0 Å². The number of nitrogens with zero attached hydrogens (tertiary/aromatic N) is 1. The quantitative estimate of drug-likeness (QED) is 0.783. The van der Waals surface area contributed by atoms with E-state index in [1.54, 1.807) is 4.90 Å². The lowest BCUT2D eigenvalue weighted by atomic mass is 10.1. The zero-order valence-corrected chi connectivity index (χ0v) is 17.1. The monoisotopic (exact) mass is 442 g/mol. The van der Waals surface area contributed by atoms with Gasteiger partial charge in [-0.25, -0.2) is 8.42 Å². The summed E-state index contributed by atoms with van der Waals surface area (Å²) in [6.45, 7) is 4.59. The summed E-state index contributed by atoms with van der Waals surface area (Å²) in [4.78, 5) is 14.1.